The van der Waals surface area contributed by atoms with E-state index in [1.807, 2.05) is 0 Å². The number of anilines is 1. The van der Waals surface area contributed by atoms with Crippen molar-refractivity contribution in [3.05, 3.63) is 58.5 Å². The Hall–Kier alpha value is -3.71. The summed E-state index contributed by atoms with van der Waals surface area (Å²) in [6.45, 7) is 1.67. The van der Waals surface area contributed by atoms with Gasteiger partial charge in [-0.2, -0.15) is 8.42 Å². The number of aromatic nitrogens is 1. The minimum Gasteiger partial charge on any atom is -0.504 e. The topological polar surface area (TPSA) is 161 Å². The van der Waals surface area contributed by atoms with E-state index in [0.29, 0.717) is 0 Å². The molecule has 0 spiro atoms. The van der Waals surface area contributed by atoms with Gasteiger partial charge in [0.1, 0.15) is 0 Å². The number of hydrogen-bond donors (Lipinski definition) is 2. The summed E-state index contributed by atoms with van der Waals surface area (Å²) in [5.41, 5.74) is 5.36. The lowest BCUT2D eigenvalue weighted by molar-refractivity contribution is 0.0528. The van der Waals surface area contributed by atoms with Gasteiger partial charge in [-0.25, -0.2) is 9.78 Å². The molecule has 0 radical (unpaired) electrons. The molecule has 0 aliphatic carbocycles. The molecule has 3 N–H and O–H groups in total. The van der Waals surface area contributed by atoms with E-state index >= 15 is 0 Å². The van der Waals surface area contributed by atoms with Crippen LogP contribution in [0.3, 0.4) is 0 Å². The van der Waals surface area contributed by atoms with Crippen molar-refractivity contribution in [1.82, 2.24) is 4.98 Å². The maximum absolute atomic E-state index is 13.3. The molecule has 10 nitrogen and oxygen atoms in total. The van der Waals surface area contributed by atoms with Gasteiger partial charge in [0.05, 0.1) is 21.9 Å². The highest BCUT2D eigenvalue weighted by atomic mass is 32.3. The molecular weight excluding hydrogens is 463 g/mol. The lowest BCUT2D eigenvalue weighted by Crippen LogP contribution is -2.04. The molecule has 32 heavy (non-hydrogen) atoms. The van der Waals surface area contributed by atoms with E-state index in [1.165, 1.54) is 30.3 Å². The van der Waals surface area contributed by atoms with Crippen LogP contribution in [-0.2, 0) is 15.0 Å². The second kappa shape index (κ2) is 9.20. The number of halogens is 1. The first kappa shape index (κ1) is 23.0. The lowest BCUT2D eigenvalue weighted by atomic mass is 10.1. The van der Waals surface area contributed by atoms with Gasteiger partial charge in [-0.05, 0) is 37.3 Å². The van der Waals surface area contributed by atoms with Crippen molar-refractivity contribution in [2.75, 3.05) is 12.3 Å². The molecule has 0 atom stereocenters. The molecule has 0 unspecified atom stereocenters. The monoisotopic (exact) mass is 478 g/mol. The Balaban J connectivity index is 2.01. The van der Waals surface area contributed by atoms with Crippen molar-refractivity contribution < 1.29 is 31.7 Å². The highest BCUT2D eigenvalue weighted by Gasteiger charge is 2.23. The van der Waals surface area contributed by atoms with Crippen molar-refractivity contribution in [2.45, 2.75) is 11.8 Å². The molecule has 0 aliphatic rings. The zero-order chi connectivity index (χ0) is 23.5. The number of ether oxygens (including phenoxy) is 1. The highest BCUT2D eigenvalue weighted by molar-refractivity contribution is 7.86. The Morgan fingerprint density at radius 3 is 2.62 bits per heavy atom. The van der Waals surface area contributed by atoms with Crippen LogP contribution in [0.25, 0.3) is 0 Å². The average Bonchev–Trinajstić information content (AvgIpc) is 3.18. The van der Waals surface area contributed by atoms with Crippen LogP contribution in [0.5, 0.6) is 5.75 Å². The number of hydrogen-bond acceptors (Lipinski definition) is 11. The smallest absolute Gasteiger partial charge is 0.341 e. The molecular formula is C19H15FN4O6S2. The molecule has 2 heterocycles. The zero-order valence-corrected chi connectivity index (χ0v) is 18.0. The maximum atomic E-state index is 13.3. The fraction of sp³-hybridized carbons (Fsp3) is 0.105. The summed E-state index contributed by atoms with van der Waals surface area (Å²) < 4.78 is 40.5. The normalized spacial score (nSPS) is 11.6. The minimum absolute atomic E-state index is 0.0218. The maximum Gasteiger partial charge on any atom is 0.341 e. The third-order valence-corrected chi connectivity index (χ3v) is 5.78. The standard InChI is InChI=1S/C19H15FN4O6S2/c1-2-30-19(27)12-9-14(16(26)10-4-3-5-11(8-10)32(20,28)29)31-18(12)24-23-15-7-6-13(25)17(21)22-15/h3-9,25H,2H2,1H3,(H2,21,22). The van der Waals surface area contributed by atoms with Crippen LogP contribution >= 0.6 is 11.3 Å². The number of carbonyl (C=O) groups is 2. The Kier molecular flexibility index (Phi) is 6.60. The first-order valence-corrected chi connectivity index (χ1v) is 11.1. The molecule has 0 aliphatic heterocycles. The van der Waals surface area contributed by atoms with Crippen molar-refractivity contribution in [3.8, 4) is 5.75 Å². The van der Waals surface area contributed by atoms with Crippen LogP contribution in [0.1, 0.15) is 32.5 Å². The number of carbonyl (C=O) groups excluding carboxylic acids is 2. The van der Waals surface area contributed by atoms with Crippen LogP contribution in [0, 0.1) is 0 Å². The quantitative estimate of drug-likeness (QED) is 0.223. The second-order valence-corrected chi connectivity index (χ2v) is 8.50. The third kappa shape index (κ3) is 5.12. The molecule has 0 fully saturated rings. The SMILES string of the molecule is CCOC(=O)c1cc(C(=O)c2cccc(S(=O)(=O)F)c2)sc1N=Nc1ccc(O)c(N)n1. The summed E-state index contributed by atoms with van der Waals surface area (Å²) >= 11 is 0.794. The molecule has 0 bridgehead atoms. The second-order valence-electron chi connectivity index (χ2n) is 6.12. The number of rotatable bonds is 7. The van der Waals surface area contributed by atoms with E-state index in [1.54, 1.807) is 6.92 Å². The summed E-state index contributed by atoms with van der Waals surface area (Å²) in [5.74, 6) is -1.78. The number of aromatic hydroxyl groups is 1. The Bertz CT molecular complexity index is 1340. The van der Waals surface area contributed by atoms with Gasteiger partial charge >= 0.3 is 16.2 Å². The van der Waals surface area contributed by atoms with Crippen LogP contribution in [0.15, 0.2) is 57.6 Å². The van der Waals surface area contributed by atoms with E-state index in [-0.39, 0.29) is 45.0 Å². The molecule has 3 aromatic rings. The van der Waals surface area contributed by atoms with Crippen molar-refractivity contribution in [1.29, 1.82) is 0 Å². The van der Waals surface area contributed by atoms with E-state index in [4.69, 9.17) is 10.5 Å². The van der Waals surface area contributed by atoms with Crippen LogP contribution in [0.4, 0.5) is 20.5 Å². The van der Waals surface area contributed by atoms with Gasteiger partial charge in [-0.3, -0.25) is 4.79 Å². The Morgan fingerprint density at radius 2 is 1.97 bits per heavy atom. The molecule has 13 heteroatoms. The molecule has 2 aromatic heterocycles. The highest BCUT2D eigenvalue weighted by Crippen LogP contribution is 2.34. The number of pyridine rings is 1. The molecule has 0 amide bonds. The fourth-order valence-electron chi connectivity index (χ4n) is 2.46. The largest absolute Gasteiger partial charge is 0.504 e. The number of nitrogens with zero attached hydrogens (tertiary/aromatic N) is 3. The number of nitrogen functional groups attached to an aromatic ring is 1. The number of esters is 1. The van der Waals surface area contributed by atoms with Gasteiger partial charge < -0.3 is 15.6 Å². The van der Waals surface area contributed by atoms with Crippen LogP contribution in [-0.4, -0.2) is 36.9 Å². The van der Waals surface area contributed by atoms with Gasteiger partial charge in [-0.15, -0.1) is 25.5 Å². The van der Waals surface area contributed by atoms with E-state index in [0.717, 1.165) is 23.5 Å². The average molecular weight is 478 g/mol. The first-order chi connectivity index (χ1) is 15.1. The summed E-state index contributed by atoms with van der Waals surface area (Å²) in [6.07, 6.45) is 0. The number of azo groups is 1. The molecule has 0 saturated carbocycles. The van der Waals surface area contributed by atoms with Crippen molar-refractivity contribution >= 4 is 49.9 Å². The van der Waals surface area contributed by atoms with Crippen LogP contribution < -0.4 is 5.73 Å². The molecule has 1 aromatic carbocycles. The van der Waals surface area contributed by atoms with E-state index in [9.17, 15) is 27.0 Å². The number of nitrogens with two attached hydrogens (primary N) is 1. The number of thiophene rings is 1. The third-order valence-electron chi connectivity index (χ3n) is 3.94. The minimum atomic E-state index is -5.00. The summed E-state index contributed by atoms with van der Waals surface area (Å²) in [7, 11) is -5.00. The van der Waals surface area contributed by atoms with Gasteiger partial charge in [0.15, 0.2) is 22.4 Å². The van der Waals surface area contributed by atoms with Crippen molar-refractivity contribution in [2.24, 2.45) is 10.2 Å². The van der Waals surface area contributed by atoms with Gasteiger partial charge in [0.25, 0.3) is 0 Å². The van der Waals surface area contributed by atoms with Gasteiger partial charge in [-0.1, -0.05) is 12.1 Å². The fourth-order valence-corrected chi connectivity index (χ4v) is 3.90. The summed E-state index contributed by atoms with van der Waals surface area (Å²) in [4.78, 5) is 28.3. The van der Waals surface area contributed by atoms with Crippen molar-refractivity contribution in [3.63, 3.8) is 0 Å². The predicted molar refractivity (Wildman–Crippen MR) is 113 cm³/mol. The lowest BCUT2D eigenvalue weighted by Gasteiger charge is -2.00. The Morgan fingerprint density at radius 1 is 1.22 bits per heavy atom. The van der Waals surface area contributed by atoms with Crippen LogP contribution in [0.2, 0.25) is 0 Å². The number of ketones is 1. The molecule has 3 rings (SSSR count). The first-order valence-electron chi connectivity index (χ1n) is 8.87. The Labute approximate surface area is 185 Å². The van der Waals surface area contributed by atoms with E-state index in [2.05, 4.69) is 15.2 Å². The predicted octanol–water partition coefficient (Wildman–Crippen LogP) is 3.91. The zero-order valence-electron chi connectivity index (χ0n) is 16.4. The van der Waals surface area contributed by atoms with E-state index < -0.39 is 26.9 Å². The van der Waals surface area contributed by atoms with Gasteiger partial charge in [0, 0.05) is 5.56 Å². The number of benzene rings is 1. The van der Waals surface area contributed by atoms with Gasteiger partial charge in [0.2, 0.25) is 5.78 Å². The molecule has 0 saturated heterocycles. The molecule has 166 valence electrons. The summed E-state index contributed by atoms with van der Waals surface area (Å²) in [6, 6.07) is 8.27. The summed E-state index contributed by atoms with van der Waals surface area (Å²) in [5, 5.41) is 17.3.